The van der Waals surface area contributed by atoms with Gasteiger partial charge < -0.3 is 9.80 Å². The average Bonchev–Trinajstić information content (AvgIpc) is 3.47. The van der Waals surface area contributed by atoms with Crippen LogP contribution in [0.25, 0.3) is 43.4 Å². The van der Waals surface area contributed by atoms with Crippen molar-refractivity contribution in [1.82, 2.24) is 0 Å². The van der Waals surface area contributed by atoms with Gasteiger partial charge in [0.1, 0.15) is 0 Å². The number of nitrogens with zero attached hydrogens (tertiary/aromatic N) is 2. The molecule has 1 heterocycles. The van der Waals surface area contributed by atoms with Crippen LogP contribution in [0, 0.1) is 0 Å². The summed E-state index contributed by atoms with van der Waals surface area (Å²) in [5, 5.41) is 7.81. The highest BCUT2D eigenvalue weighted by Gasteiger charge is 2.41. The molecule has 11 rings (SSSR count). The van der Waals surface area contributed by atoms with Gasteiger partial charge >= 0.3 is 0 Å². The second-order valence-corrected chi connectivity index (χ2v) is 16.5. The van der Waals surface area contributed by atoms with Gasteiger partial charge in [0.05, 0.1) is 11.4 Å². The molecule has 0 radical (unpaired) electrons. The lowest BCUT2D eigenvalue weighted by Crippen LogP contribution is -2.31. The number of hydrogen-bond donors (Lipinski definition) is 0. The number of fused-ring (bicyclic) bond motifs is 12. The molecule has 0 aromatic heterocycles. The maximum atomic E-state index is 2.55. The maximum Gasteiger partial charge on any atom is 0.0509 e. The normalized spacial score (nSPS) is 14.7. The van der Waals surface area contributed by atoms with Crippen LogP contribution in [0.3, 0.4) is 0 Å². The van der Waals surface area contributed by atoms with Crippen molar-refractivity contribution in [3.63, 3.8) is 0 Å². The Morgan fingerprint density at radius 2 is 0.911 bits per heavy atom. The molecule has 268 valence electrons. The van der Waals surface area contributed by atoms with Crippen LogP contribution in [0.5, 0.6) is 0 Å². The first-order chi connectivity index (χ1) is 27.3. The second kappa shape index (κ2) is 11.9. The quantitative estimate of drug-likeness (QED) is 0.167. The van der Waals surface area contributed by atoms with Gasteiger partial charge in [-0.1, -0.05) is 149 Å². The van der Waals surface area contributed by atoms with Crippen LogP contribution in [0.4, 0.5) is 34.1 Å². The molecule has 0 atom stereocenters. The van der Waals surface area contributed by atoms with Crippen LogP contribution in [0.2, 0.25) is 0 Å². The first-order valence-corrected chi connectivity index (χ1v) is 19.8. The lowest BCUT2D eigenvalue weighted by atomic mass is 9.70. The Kier molecular flexibility index (Phi) is 6.98. The summed E-state index contributed by atoms with van der Waals surface area (Å²) in [6.07, 6.45) is 0. The topological polar surface area (TPSA) is 6.48 Å². The van der Waals surface area contributed by atoms with Crippen molar-refractivity contribution in [2.75, 3.05) is 9.80 Å². The molecule has 0 saturated carbocycles. The fourth-order valence-corrected chi connectivity index (χ4v) is 10.1. The van der Waals surface area contributed by atoms with Gasteiger partial charge in [0, 0.05) is 33.6 Å². The second-order valence-electron chi connectivity index (χ2n) is 16.5. The monoisotopic (exact) mass is 718 g/mol. The Morgan fingerprint density at radius 1 is 0.375 bits per heavy atom. The molecular formula is C54H42N2. The average molecular weight is 719 g/mol. The molecule has 2 nitrogen and oxygen atoms in total. The third kappa shape index (κ3) is 4.56. The molecule has 0 bridgehead atoms. The molecule has 1 aliphatic carbocycles. The van der Waals surface area contributed by atoms with E-state index in [1.807, 2.05) is 0 Å². The van der Waals surface area contributed by atoms with Crippen LogP contribution < -0.4 is 9.80 Å². The molecule has 0 amide bonds. The van der Waals surface area contributed by atoms with E-state index >= 15 is 0 Å². The van der Waals surface area contributed by atoms with Crippen molar-refractivity contribution in [2.24, 2.45) is 0 Å². The van der Waals surface area contributed by atoms with Crippen molar-refractivity contribution < 1.29 is 0 Å². The van der Waals surface area contributed by atoms with Gasteiger partial charge in [-0.2, -0.15) is 0 Å². The summed E-state index contributed by atoms with van der Waals surface area (Å²) in [6, 6.07) is 67.5. The first-order valence-electron chi connectivity index (χ1n) is 19.8. The summed E-state index contributed by atoms with van der Waals surface area (Å²) in [7, 11) is 0. The molecule has 1 aliphatic heterocycles. The molecule has 2 heteroatoms. The van der Waals surface area contributed by atoms with Crippen LogP contribution in [0.15, 0.2) is 182 Å². The van der Waals surface area contributed by atoms with Crippen LogP contribution >= 0.6 is 0 Å². The predicted octanol–water partition coefficient (Wildman–Crippen LogP) is 15.0. The smallest absolute Gasteiger partial charge is 0.0509 e. The van der Waals surface area contributed by atoms with Gasteiger partial charge in [0.25, 0.3) is 0 Å². The highest BCUT2D eigenvalue weighted by Crippen LogP contribution is 2.58. The molecule has 0 N–H and O–H groups in total. The highest BCUT2D eigenvalue weighted by atomic mass is 15.2. The van der Waals surface area contributed by atoms with Gasteiger partial charge in [-0.25, -0.2) is 0 Å². The van der Waals surface area contributed by atoms with E-state index < -0.39 is 0 Å². The maximum absolute atomic E-state index is 2.55. The SMILES string of the molecule is CC1(C)c2ccccc2-c2ccc(N3c4ccc(N(c5ccccc5)c5ccccc5)cc4C(C)(C)c4c3ccc3c5ccccc5c5ccccc5c43)cc21. The van der Waals surface area contributed by atoms with E-state index in [0.717, 1.165) is 17.1 Å². The number of para-hydroxylation sites is 2. The summed E-state index contributed by atoms with van der Waals surface area (Å²) >= 11 is 0. The lowest BCUT2D eigenvalue weighted by Gasteiger charge is -2.44. The Balaban J connectivity index is 1.23. The number of hydrogen-bond acceptors (Lipinski definition) is 2. The molecule has 2 aliphatic rings. The number of anilines is 6. The summed E-state index contributed by atoms with van der Waals surface area (Å²) in [5.41, 5.74) is 14.7. The molecule has 9 aromatic carbocycles. The van der Waals surface area contributed by atoms with Crippen molar-refractivity contribution in [3.05, 3.63) is 204 Å². The van der Waals surface area contributed by atoms with Gasteiger partial charge in [-0.05, 0) is 126 Å². The van der Waals surface area contributed by atoms with E-state index in [-0.39, 0.29) is 10.8 Å². The Hall–Kier alpha value is -6.64. The summed E-state index contributed by atoms with van der Waals surface area (Å²) in [6.45, 7) is 9.63. The van der Waals surface area contributed by atoms with Crippen LogP contribution in [-0.4, -0.2) is 0 Å². The van der Waals surface area contributed by atoms with Crippen LogP contribution in [0.1, 0.15) is 49.9 Å². The molecule has 0 saturated heterocycles. The van der Waals surface area contributed by atoms with Crippen molar-refractivity contribution in [3.8, 4) is 11.1 Å². The van der Waals surface area contributed by atoms with Crippen molar-refractivity contribution in [1.29, 1.82) is 0 Å². The van der Waals surface area contributed by atoms with Crippen molar-refractivity contribution in [2.45, 2.75) is 38.5 Å². The molecule has 0 fully saturated rings. The third-order valence-electron chi connectivity index (χ3n) is 12.8. The molecule has 56 heavy (non-hydrogen) atoms. The highest BCUT2D eigenvalue weighted by molar-refractivity contribution is 6.27. The van der Waals surface area contributed by atoms with E-state index in [4.69, 9.17) is 0 Å². The zero-order valence-corrected chi connectivity index (χ0v) is 32.2. The van der Waals surface area contributed by atoms with Crippen molar-refractivity contribution >= 4 is 66.4 Å². The largest absolute Gasteiger partial charge is 0.310 e. The lowest BCUT2D eigenvalue weighted by molar-refractivity contribution is 0.638. The van der Waals surface area contributed by atoms with Gasteiger partial charge in [0.2, 0.25) is 0 Å². The van der Waals surface area contributed by atoms with Gasteiger partial charge in [-0.3, -0.25) is 0 Å². The Labute approximate surface area is 328 Å². The summed E-state index contributed by atoms with van der Waals surface area (Å²) in [5.74, 6) is 0. The fraction of sp³-hybridized carbons (Fsp3) is 0.111. The minimum atomic E-state index is -0.354. The number of benzene rings is 9. The number of rotatable bonds is 4. The van der Waals surface area contributed by atoms with E-state index in [0.29, 0.717) is 0 Å². The van der Waals surface area contributed by atoms with E-state index in [2.05, 4.69) is 219 Å². The Morgan fingerprint density at radius 3 is 1.59 bits per heavy atom. The molecule has 0 spiro atoms. The van der Waals surface area contributed by atoms with E-state index in [9.17, 15) is 0 Å². The zero-order chi connectivity index (χ0) is 37.8. The third-order valence-corrected chi connectivity index (χ3v) is 12.8. The van der Waals surface area contributed by atoms with Gasteiger partial charge in [-0.15, -0.1) is 0 Å². The standard InChI is InChI=1S/C54H42N2/c1-53(2)46-26-16-15-24-42(46)43-29-27-38(33-47(43)53)56-49-31-28-37(55(35-17-7-5-8-18-35)36-19-9-6-10-20-36)34-48(49)54(3,4)52-50(56)32-30-45-41-23-12-11-21-39(41)40-22-13-14-25-44(40)51(45)52/h5-34H,1-4H3. The Bertz CT molecular complexity index is 2950. The molecule has 0 unspecified atom stereocenters. The van der Waals surface area contributed by atoms with E-state index in [1.165, 1.54) is 82.8 Å². The van der Waals surface area contributed by atoms with E-state index in [1.54, 1.807) is 0 Å². The van der Waals surface area contributed by atoms with Crippen LogP contribution in [-0.2, 0) is 10.8 Å². The first kappa shape index (κ1) is 32.8. The molecular weight excluding hydrogens is 677 g/mol. The fourth-order valence-electron chi connectivity index (χ4n) is 10.1. The minimum Gasteiger partial charge on any atom is -0.310 e. The summed E-state index contributed by atoms with van der Waals surface area (Å²) in [4.78, 5) is 4.94. The summed E-state index contributed by atoms with van der Waals surface area (Å²) < 4.78 is 0. The van der Waals surface area contributed by atoms with Gasteiger partial charge in [0.15, 0.2) is 0 Å². The predicted molar refractivity (Wildman–Crippen MR) is 238 cm³/mol. The molecule has 9 aromatic rings. The zero-order valence-electron chi connectivity index (χ0n) is 32.2. The minimum absolute atomic E-state index is 0.114.